The van der Waals surface area contributed by atoms with Crippen molar-refractivity contribution in [2.75, 3.05) is 20.6 Å². The second-order valence-electron chi connectivity index (χ2n) is 4.02. The van der Waals surface area contributed by atoms with E-state index in [-0.39, 0.29) is 0 Å². The lowest BCUT2D eigenvalue weighted by molar-refractivity contribution is 0.191. The fraction of sp³-hybridized carbons (Fsp3) is 0.818. The van der Waals surface area contributed by atoms with Crippen molar-refractivity contribution in [1.82, 2.24) is 10.2 Å². The van der Waals surface area contributed by atoms with Gasteiger partial charge in [0.05, 0.1) is 0 Å². The SMILES string of the molecule is C=CCN(C)C1CCC(NC)CC1. The van der Waals surface area contributed by atoms with E-state index in [2.05, 4.69) is 30.9 Å². The smallest absolute Gasteiger partial charge is 0.0160 e. The van der Waals surface area contributed by atoms with E-state index in [9.17, 15) is 0 Å². The molecule has 0 heterocycles. The molecule has 0 saturated heterocycles. The van der Waals surface area contributed by atoms with Gasteiger partial charge in [0.25, 0.3) is 0 Å². The Labute approximate surface area is 82.0 Å². The van der Waals surface area contributed by atoms with Crippen LogP contribution in [0, 0.1) is 0 Å². The summed E-state index contributed by atoms with van der Waals surface area (Å²) in [5.74, 6) is 0. The molecule has 0 unspecified atom stereocenters. The summed E-state index contributed by atoms with van der Waals surface area (Å²) in [5.41, 5.74) is 0. The van der Waals surface area contributed by atoms with Gasteiger partial charge in [-0.15, -0.1) is 6.58 Å². The lowest BCUT2D eigenvalue weighted by Crippen LogP contribution is -2.39. The number of nitrogens with zero attached hydrogens (tertiary/aromatic N) is 1. The standard InChI is InChI=1S/C11H22N2/c1-4-9-13(3)11-7-5-10(12-2)6-8-11/h4,10-12H,1,5-9H2,2-3H3. The van der Waals surface area contributed by atoms with Gasteiger partial charge in [-0.3, -0.25) is 4.90 Å². The minimum atomic E-state index is 0.758. The molecular formula is C11H22N2. The zero-order valence-corrected chi connectivity index (χ0v) is 8.92. The molecular weight excluding hydrogens is 160 g/mol. The summed E-state index contributed by atoms with van der Waals surface area (Å²) in [6, 6.07) is 1.54. The molecule has 1 rings (SSSR count). The lowest BCUT2D eigenvalue weighted by Gasteiger charge is -2.34. The molecule has 0 bridgehead atoms. The largest absolute Gasteiger partial charge is 0.317 e. The third-order valence-electron chi connectivity index (χ3n) is 3.15. The molecule has 0 aromatic rings. The number of nitrogens with one attached hydrogen (secondary N) is 1. The van der Waals surface area contributed by atoms with Crippen LogP contribution in [0.3, 0.4) is 0 Å². The molecule has 0 aromatic carbocycles. The highest BCUT2D eigenvalue weighted by molar-refractivity contribution is 4.83. The average Bonchev–Trinajstić information content (AvgIpc) is 2.18. The molecule has 1 fully saturated rings. The van der Waals surface area contributed by atoms with Crippen LogP contribution in [-0.4, -0.2) is 37.6 Å². The zero-order valence-electron chi connectivity index (χ0n) is 8.92. The third kappa shape index (κ3) is 3.12. The van der Waals surface area contributed by atoms with Gasteiger partial charge in [-0.25, -0.2) is 0 Å². The fourth-order valence-corrected chi connectivity index (χ4v) is 2.16. The van der Waals surface area contributed by atoms with Gasteiger partial charge >= 0.3 is 0 Å². The maximum Gasteiger partial charge on any atom is 0.0160 e. The first-order valence-electron chi connectivity index (χ1n) is 5.26. The summed E-state index contributed by atoms with van der Waals surface area (Å²) in [7, 11) is 4.27. The highest BCUT2D eigenvalue weighted by Crippen LogP contribution is 2.21. The van der Waals surface area contributed by atoms with Crippen LogP contribution >= 0.6 is 0 Å². The number of likely N-dealkylation sites (N-methyl/N-ethyl adjacent to an activating group) is 1. The number of rotatable bonds is 4. The van der Waals surface area contributed by atoms with Crippen LogP contribution in [0.2, 0.25) is 0 Å². The summed E-state index contributed by atoms with van der Waals surface area (Å²) in [6.07, 6.45) is 7.29. The molecule has 0 aromatic heterocycles. The van der Waals surface area contributed by atoms with Crippen LogP contribution in [0.4, 0.5) is 0 Å². The molecule has 0 aliphatic heterocycles. The predicted molar refractivity (Wildman–Crippen MR) is 57.9 cm³/mol. The van der Waals surface area contributed by atoms with Crippen LogP contribution < -0.4 is 5.32 Å². The van der Waals surface area contributed by atoms with Gasteiger partial charge in [-0.2, -0.15) is 0 Å². The van der Waals surface area contributed by atoms with Gasteiger partial charge in [0.1, 0.15) is 0 Å². The monoisotopic (exact) mass is 182 g/mol. The Morgan fingerprint density at radius 2 is 2.00 bits per heavy atom. The Morgan fingerprint density at radius 1 is 1.38 bits per heavy atom. The minimum Gasteiger partial charge on any atom is -0.317 e. The van der Waals surface area contributed by atoms with Gasteiger partial charge in [-0.05, 0) is 39.8 Å². The Kier molecular flexibility index (Phi) is 4.46. The maximum absolute atomic E-state index is 3.77. The molecule has 1 N–H and O–H groups in total. The molecule has 2 heteroatoms. The quantitative estimate of drug-likeness (QED) is 0.665. The van der Waals surface area contributed by atoms with E-state index in [1.807, 2.05) is 6.08 Å². The van der Waals surface area contributed by atoms with Crippen molar-refractivity contribution in [2.24, 2.45) is 0 Å². The molecule has 1 saturated carbocycles. The van der Waals surface area contributed by atoms with E-state index in [4.69, 9.17) is 0 Å². The van der Waals surface area contributed by atoms with Crippen molar-refractivity contribution in [3.05, 3.63) is 12.7 Å². The Hall–Kier alpha value is -0.340. The van der Waals surface area contributed by atoms with Gasteiger partial charge in [-0.1, -0.05) is 6.08 Å². The maximum atomic E-state index is 3.77. The second-order valence-corrected chi connectivity index (χ2v) is 4.02. The normalized spacial score (nSPS) is 29.2. The van der Waals surface area contributed by atoms with Crippen molar-refractivity contribution in [1.29, 1.82) is 0 Å². The van der Waals surface area contributed by atoms with Crippen molar-refractivity contribution >= 4 is 0 Å². The van der Waals surface area contributed by atoms with Crippen molar-refractivity contribution < 1.29 is 0 Å². The molecule has 0 radical (unpaired) electrons. The van der Waals surface area contributed by atoms with E-state index >= 15 is 0 Å². The van der Waals surface area contributed by atoms with Crippen molar-refractivity contribution in [2.45, 2.75) is 37.8 Å². The lowest BCUT2D eigenvalue weighted by atomic mass is 9.90. The molecule has 2 nitrogen and oxygen atoms in total. The first kappa shape index (κ1) is 10.7. The third-order valence-corrected chi connectivity index (χ3v) is 3.15. The number of hydrogen-bond donors (Lipinski definition) is 1. The molecule has 0 spiro atoms. The van der Waals surface area contributed by atoms with Crippen LogP contribution in [0.5, 0.6) is 0 Å². The van der Waals surface area contributed by atoms with E-state index in [0.717, 1.165) is 18.6 Å². The topological polar surface area (TPSA) is 15.3 Å². The van der Waals surface area contributed by atoms with Crippen LogP contribution in [-0.2, 0) is 0 Å². The molecule has 1 aliphatic rings. The zero-order chi connectivity index (χ0) is 9.68. The molecule has 0 amide bonds. The van der Waals surface area contributed by atoms with Crippen LogP contribution in [0.1, 0.15) is 25.7 Å². The van der Waals surface area contributed by atoms with E-state index in [1.54, 1.807) is 0 Å². The van der Waals surface area contributed by atoms with E-state index in [1.165, 1.54) is 25.7 Å². The Bertz CT molecular complexity index is 148. The van der Waals surface area contributed by atoms with Crippen LogP contribution in [0.25, 0.3) is 0 Å². The minimum absolute atomic E-state index is 0.758. The van der Waals surface area contributed by atoms with Gasteiger partial charge in [0.2, 0.25) is 0 Å². The second kappa shape index (κ2) is 5.40. The van der Waals surface area contributed by atoms with Gasteiger partial charge < -0.3 is 5.32 Å². The summed E-state index contributed by atoms with van der Waals surface area (Å²) < 4.78 is 0. The summed E-state index contributed by atoms with van der Waals surface area (Å²) in [6.45, 7) is 4.80. The Balaban J connectivity index is 2.27. The van der Waals surface area contributed by atoms with Crippen molar-refractivity contribution in [3.8, 4) is 0 Å². The summed E-state index contributed by atoms with van der Waals surface area (Å²) in [4.78, 5) is 2.42. The fourth-order valence-electron chi connectivity index (χ4n) is 2.16. The average molecular weight is 182 g/mol. The van der Waals surface area contributed by atoms with Crippen molar-refractivity contribution in [3.63, 3.8) is 0 Å². The van der Waals surface area contributed by atoms with E-state index < -0.39 is 0 Å². The highest BCUT2D eigenvalue weighted by atomic mass is 15.1. The van der Waals surface area contributed by atoms with E-state index in [0.29, 0.717) is 0 Å². The first-order chi connectivity index (χ1) is 6.27. The first-order valence-corrected chi connectivity index (χ1v) is 5.26. The summed E-state index contributed by atoms with van der Waals surface area (Å²) in [5, 5.41) is 3.36. The van der Waals surface area contributed by atoms with Gasteiger partial charge in [0.15, 0.2) is 0 Å². The molecule has 1 aliphatic carbocycles. The molecule has 76 valence electrons. The Morgan fingerprint density at radius 3 is 2.46 bits per heavy atom. The number of hydrogen-bond acceptors (Lipinski definition) is 2. The van der Waals surface area contributed by atoms with Gasteiger partial charge in [0, 0.05) is 18.6 Å². The molecule has 0 atom stereocenters. The predicted octanol–water partition coefficient (Wildman–Crippen LogP) is 1.63. The van der Waals surface area contributed by atoms with Crippen LogP contribution in [0.15, 0.2) is 12.7 Å². The highest BCUT2D eigenvalue weighted by Gasteiger charge is 2.21. The molecule has 13 heavy (non-hydrogen) atoms. The summed E-state index contributed by atoms with van der Waals surface area (Å²) >= 11 is 0.